The maximum Gasteiger partial charge on any atom is 0.337 e. The van der Waals surface area contributed by atoms with Gasteiger partial charge >= 0.3 is 5.97 Å². The van der Waals surface area contributed by atoms with Gasteiger partial charge in [0, 0.05) is 25.7 Å². The predicted molar refractivity (Wildman–Crippen MR) is 67.8 cm³/mol. The summed E-state index contributed by atoms with van der Waals surface area (Å²) in [5.74, 6) is -0.852. The monoisotopic (exact) mass is 234 g/mol. The van der Waals surface area contributed by atoms with Crippen LogP contribution in [0.25, 0.3) is 0 Å². The summed E-state index contributed by atoms with van der Waals surface area (Å²) in [6.45, 7) is 6.73. The van der Waals surface area contributed by atoms with Crippen LogP contribution >= 0.6 is 0 Å². The number of nitrogens with one attached hydrogen (secondary N) is 1. The van der Waals surface area contributed by atoms with Crippen molar-refractivity contribution in [2.45, 2.75) is 19.9 Å². The third-order valence-electron chi connectivity index (χ3n) is 3.26. The van der Waals surface area contributed by atoms with Crippen molar-refractivity contribution in [2.24, 2.45) is 0 Å². The SMILES string of the molecule is Cc1cccc(C(=O)O)c1N1CCNCC1C. The Hall–Kier alpha value is -1.55. The summed E-state index contributed by atoms with van der Waals surface area (Å²) in [4.78, 5) is 13.5. The van der Waals surface area contributed by atoms with Crippen molar-refractivity contribution in [1.82, 2.24) is 5.32 Å². The molecule has 92 valence electrons. The molecule has 4 nitrogen and oxygen atoms in total. The molecule has 1 atom stereocenters. The molecule has 0 radical (unpaired) electrons. The summed E-state index contributed by atoms with van der Waals surface area (Å²) >= 11 is 0. The molecule has 1 fully saturated rings. The first-order valence-corrected chi connectivity index (χ1v) is 5.91. The van der Waals surface area contributed by atoms with Crippen molar-refractivity contribution in [1.29, 1.82) is 0 Å². The van der Waals surface area contributed by atoms with Crippen molar-refractivity contribution in [3.63, 3.8) is 0 Å². The molecule has 2 rings (SSSR count). The number of benzene rings is 1. The van der Waals surface area contributed by atoms with Gasteiger partial charge < -0.3 is 15.3 Å². The maximum atomic E-state index is 11.3. The molecular formula is C13H18N2O2. The second-order valence-electron chi connectivity index (χ2n) is 4.52. The van der Waals surface area contributed by atoms with Crippen LogP contribution in [0.2, 0.25) is 0 Å². The second-order valence-corrected chi connectivity index (χ2v) is 4.52. The summed E-state index contributed by atoms with van der Waals surface area (Å²) in [5, 5.41) is 12.6. The second kappa shape index (κ2) is 4.75. The zero-order valence-corrected chi connectivity index (χ0v) is 10.2. The van der Waals surface area contributed by atoms with Crippen LogP contribution in [0.15, 0.2) is 18.2 Å². The van der Waals surface area contributed by atoms with Gasteiger partial charge in [-0.2, -0.15) is 0 Å². The quantitative estimate of drug-likeness (QED) is 0.814. The Kier molecular flexibility index (Phi) is 3.33. The molecule has 1 saturated heterocycles. The van der Waals surface area contributed by atoms with Crippen LogP contribution in [0.5, 0.6) is 0 Å². The van der Waals surface area contributed by atoms with Gasteiger partial charge in [0.15, 0.2) is 0 Å². The lowest BCUT2D eigenvalue weighted by Crippen LogP contribution is -2.50. The largest absolute Gasteiger partial charge is 0.478 e. The van der Waals surface area contributed by atoms with Gasteiger partial charge in [0.1, 0.15) is 0 Å². The smallest absolute Gasteiger partial charge is 0.337 e. The lowest BCUT2D eigenvalue weighted by molar-refractivity contribution is 0.0697. The fourth-order valence-corrected chi connectivity index (χ4v) is 2.39. The van der Waals surface area contributed by atoms with Crippen LogP contribution in [-0.2, 0) is 0 Å². The molecular weight excluding hydrogens is 216 g/mol. The molecule has 0 spiro atoms. The summed E-state index contributed by atoms with van der Waals surface area (Å²) in [5.41, 5.74) is 2.30. The number of carboxylic acid groups (broad SMARTS) is 1. The van der Waals surface area contributed by atoms with Crippen LogP contribution in [0.3, 0.4) is 0 Å². The van der Waals surface area contributed by atoms with Crippen LogP contribution in [0, 0.1) is 6.92 Å². The van der Waals surface area contributed by atoms with Gasteiger partial charge in [0.25, 0.3) is 0 Å². The Morgan fingerprint density at radius 1 is 1.53 bits per heavy atom. The molecule has 0 amide bonds. The molecule has 2 N–H and O–H groups in total. The normalized spacial score (nSPS) is 20.4. The number of para-hydroxylation sites is 1. The molecule has 17 heavy (non-hydrogen) atoms. The van der Waals surface area contributed by atoms with Crippen LogP contribution in [-0.4, -0.2) is 36.8 Å². The van der Waals surface area contributed by atoms with Crippen LogP contribution in [0.4, 0.5) is 5.69 Å². The number of aromatic carboxylic acids is 1. The van der Waals surface area contributed by atoms with Crippen molar-refractivity contribution in [3.8, 4) is 0 Å². The summed E-state index contributed by atoms with van der Waals surface area (Å²) in [6, 6.07) is 5.77. The Labute approximate surface area is 101 Å². The molecule has 1 aromatic carbocycles. The van der Waals surface area contributed by atoms with E-state index in [1.165, 1.54) is 0 Å². The number of carbonyl (C=O) groups is 1. The predicted octanol–water partition coefficient (Wildman–Crippen LogP) is 1.49. The van der Waals surface area contributed by atoms with E-state index in [-0.39, 0.29) is 0 Å². The van der Waals surface area contributed by atoms with Crippen molar-refractivity contribution in [3.05, 3.63) is 29.3 Å². The van der Waals surface area contributed by atoms with Crippen LogP contribution < -0.4 is 10.2 Å². The minimum Gasteiger partial charge on any atom is -0.478 e. The minimum atomic E-state index is -0.852. The van der Waals surface area contributed by atoms with Crippen molar-refractivity contribution >= 4 is 11.7 Å². The van der Waals surface area contributed by atoms with Gasteiger partial charge in [-0.25, -0.2) is 4.79 Å². The van der Waals surface area contributed by atoms with E-state index in [1.807, 2.05) is 13.0 Å². The number of nitrogens with zero attached hydrogens (tertiary/aromatic N) is 1. The van der Waals surface area contributed by atoms with Gasteiger partial charge in [-0.15, -0.1) is 0 Å². The molecule has 0 bridgehead atoms. The van der Waals surface area contributed by atoms with Gasteiger partial charge in [-0.3, -0.25) is 0 Å². The molecule has 0 saturated carbocycles. The highest BCUT2D eigenvalue weighted by Crippen LogP contribution is 2.27. The lowest BCUT2D eigenvalue weighted by atomic mass is 10.0. The number of rotatable bonds is 2. The van der Waals surface area contributed by atoms with E-state index in [0.29, 0.717) is 11.6 Å². The summed E-state index contributed by atoms with van der Waals surface area (Å²) in [7, 11) is 0. The standard InChI is InChI=1S/C13H18N2O2/c1-9-4-3-5-11(13(16)17)12(9)15-7-6-14-8-10(15)2/h3-5,10,14H,6-8H2,1-2H3,(H,16,17). The fourth-order valence-electron chi connectivity index (χ4n) is 2.39. The number of anilines is 1. The van der Waals surface area contributed by atoms with Crippen LogP contribution in [0.1, 0.15) is 22.8 Å². The lowest BCUT2D eigenvalue weighted by Gasteiger charge is -2.37. The van der Waals surface area contributed by atoms with Gasteiger partial charge in [-0.1, -0.05) is 12.1 Å². The third-order valence-corrected chi connectivity index (χ3v) is 3.26. The van der Waals surface area contributed by atoms with Crippen molar-refractivity contribution in [2.75, 3.05) is 24.5 Å². The minimum absolute atomic E-state index is 0.322. The highest BCUT2D eigenvalue weighted by atomic mass is 16.4. The molecule has 1 aromatic rings. The zero-order valence-electron chi connectivity index (χ0n) is 10.2. The van der Waals surface area contributed by atoms with E-state index in [4.69, 9.17) is 0 Å². The molecule has 0 aromatic heterocycles. The first-order valence-electron chi connectivity index (χ1n) is 5.91. The van der Waals surface area contributed by atoms with Gasteiger partial charge in [0.2, 0.25) is 0 Å². The highest BCUT2D eigenvalue weighted by molar-refractivity contribution is 5.95. The topological polar surface area (TPSA) is 52.6 Å². The molecule has 1 unspecified atom stereocenters. The first-order chi connectivity index (χ1) is 8.11. The Balaban J connectivity index is 2.45. The molecule has 0 aliphatic carbocycles. The zero-order chi connectivity index (χ0) is 12.4. The van der Waals surface area contributed by atoms with Gasteiger partial charge in [-0.05, 0) is 25.5 Å². The maximum absolute atomic E-state index is 11.3. The van der Waals surface area contributed by atoms with E-state index in [9.17, 15) is 9.90 Å². The summed E-state index contributed by atoms with van der Waals surface area (Å²) in [6.07, 6.45) is 0. The van der Waals surface area contributed by atoms with E-state index < -0.39 is 5.97 Å². The van der Waals surface area contributed by atoms with E-state index in [0.717, 1.165) is 30.9 Å². The Morgan fingerprint density at radius 3 is 2.94 bits per heavy atom. The fraction of sp³-hybridized carbons (Fsp3) is 0.462. The average molecular weight is 234 g/mol. The van der Waals surface area contributed by atoms with E-state index >= 15 is 0 Å². The Morgan fingerprint density at radius 2 is 2.29 bits per heavy atom. The number of carboxylic acids is 1. The van der Waals surface area contributed by atoms with Crippen molar-refractivity contribution < 1.29 is 9.90 Å². The number of hydrogen-bond donors (Lipinski definition) is 2. The molecule has 1 aliphatic rings. The highest BCUT2D eigenvalue weighted by Gasteiger charge is 2.24. The number of hydrogen-bond acceptors (Lipinski definition) is 3. The third kappa shape index (κ3) is 2.26. The van der Waals surface area contributed by atoms with Gasteiger partial charge in [0.05, 0.1) is 11.3 Å². The molecule has 1 aliphatic heterocycles. The van der Waals surface area contributed by atoms with E-state index in [2.05, 4.69) is 17.1 Å². The average Bonchev–Trinajstić information content (AvgIpc) is 2.30. The molecule has 4 heteroatoms. The van der Waals surface area contributed by atoms with E-state index in [1.54, 1.807) is 12.1 Å². The Bertz CT molecular complexity index is 431. The molecule has 1 heterocycles. The number of piperazine rings is 1. The number of aryl methyl sites for hydroxylation is 1. The first kappa shape index (κ1) is 11.9. The summed E-state index contributed by atoms with van der Waals surface area (Å²) < 4.78 is 0.